The van der Waals surface area contributed by atoms with E-state index in [0.29, 0.717) is 12.5 Å². The molecule has 3 aliphatic heterocycles. The van der Waals surface area contributed by atoms with Gasteiger partial charge in [-0.1, -0.05) is 90.4 Å². The molecular weight excluding hydrogens is 829 g/mol. The molecule has 3 rings (SSSR count). The van der Waals surface area contributed by atoms with Crippen LogP contribution in [0, 0.1) is 0 Å². The van der Waals surface area contributed by atoms with E-state index >= 15 is 0 Å². The molecule has 0 saturated carbocycles. The maximum Gasteiger partial charge on any atom is 0.334 e. The van der Waals surface area contributed by atoms with Gasteiger partial charge in [0.15, 0.2) is 33.3 Å². The number of hydrogen-bond donors (Lipinski definition) is 0. The molecule has 0 aromatic rings. The maximum absolute atomic E-state index is 12.3. The molecule has 0 radical (unpaired) electrons. The Morgan fingerprint density at radius 3 is 1.44 bits per heavy atom. The predicted octanol–water partition coefficient (Wildman–Crippen LogP) is 14.3. The Labute approximate surface area is 381 Å². The van der Waals surface area contributed by atoms with Gasteiger partial charge in [0.1, 0.15) is 6.10 Å². The van der Waals surface area contributed by atoms with Crippen molar-refractivity contribution in [2.24, 2.45) is 0 Å². The van der Waals surface area contributed by atoms with Crippen molar-refractivity contribution >= 4 is 39.2 Å². The summed E-state index contributed by atoms with van der Waals surface area (Å²) in [4.78, 5) is 12.3. The van der Waals surface area contributed by atoms with Crippen LogP contribution in [0.4, 0.5) is 0 Å². The third-order valence-corrected chi connectivity index (χ3v) is 16.1. The second kappa shape index (κ2) is 26.8. The Kier molecular flexibility index (Phi) is 24.3. The molecule has 8 nitrogen and oxygen atoms in total. The molecular formula is C49H98O8Si4. The summed E-state index contributed by atoms with van der Waals surface area (Å²) in [5, 5.41) is 0. The van der Waals surface area contributed by atoms with Crippen molar-refractivity contribution in [1.82, 2.24) is 0 Å². The molecule has 358 valence electrons. The second-order valence-corrected chi connectivity index (χ2v) is 40.9. The highest BCUT2D eigenvalue weighted by molar-refractivity contribution is 6.70. The summed E-state index contributed by atoms with van der Waals surface area (Å²) in [6.45, 7) is 31.8. The molecule has 3 heterocycles. The van der Waals surface area contributed by atoms with E-state index in [-0.39, 0.29) is 54.8 Å². The van der Waals surface area contributed by atoms with E-state index in [2.05, 4.69) is 85.5 Å². The number of carbonyl (C=O) groups excluding carboxylic acids is 1. The van der Waals surface area contributed by atoms with Gasteiger partial charge in [-0.25, -0.2) is 4.79 Å². The van der Waals surface area contributed by atoms with Crippen molar-refractivity contribution in [1.29, 1.82) is 0 Å². The van der Waals surface area contributed by atoms with Crippen LogP contribution in [0.25, 0.3) is 0 Å². The van der Waals surface area contributed by atoms with Crippen LogP contribution in [0.1, 0.15) is 162 Å². The van der Waals surface area contributed by atoms with Crippen LogP contribution in [0.5, 0.6) is 0 Å². The molecule has 3 aliphatic rings. The monoisotopic (exact) mass is 927 g/mol. The minimum atomic E-state index is -1.84. The smallest absolute Gasteiger partial charge is 0.334 e. The molecule has 0 aromatic carbocycles. The van der Waals surface area contributed by atoms with Crippen LogP contribution in [0.3, 0.4) is 0 Å². The fourth-order valence-electron chi connectivity index (χ4n) is 9.59. The molecule has 0 bridgehead atoms. The molecule has 2 saturated heterocycles. The van der Waals surface area contributed by atoms with Gasteiger partial charge in [-0.2, -0.15) is 0 Å². The average molecular weight is 928 g/mol. The fourth-order valence-corrected chi connectivity index (χ4v) is 14.3. The van der Waals surface area contributed by atoms with E-state index in [1.807, 2.05) is 13.0 Å². The summed E-state index contributed by atoms with van der Waals surface area (Å²) in [6.07, 6.45) is 29.8. The summed E-state index contributed by atoms with van der Waals surface area (Å²) in [6, 6.07) is 0. The number of rotatable bonds is 33. The molecule has 12 heteroatoms. The van der Waals surface area contributed by atoms with Crippen LogP contribution in [-0.4, -0.2) is 94.2 Å². The molecule has 61 heavy (non-hydrogen) atoms. The average Bonchev–Trinajstić information content (AvgIpc) is 3.88. The number of unbranched alkanes of at least 4 members (excludes halogenated alkanes) is 11. The topological polar surface area (TPSA) is 81.7 Å². The van der Waals surface area contributed by atoms with E-state index in [1.165, 1.54) is 64.2 Å². The molecule has 2 unspecified atom stereocenters. The van der Waals surface area contributed by atoms with Gasteiger partial charge in [0.25, 0.3) is 0 Å². The van der Waals surface area contributed by atoms with Gasteiger partial charge in [-0.15, -0.1) is 0 Å². The highest BCUT2D eigenvalue weighted by atomic mass is 28.4. The quantitative estimate of drug-likeness (QED) is 0.0366. The normalized spacial score (nSPS) is 24.9. The first-order chi connectivity index (χ1) is 28.5. The molecule has 0 spiro atoms. The first kappa shape index (κ1) is 55.2. The summed E-state index contributed by atoms with van der Waals surface area (Å²) in [7, 11) is -7.14. The Bertz CT molecular complexity index is 1250. The largest absolute Gasteiger partial charge is 0.455 e. The van der Waals surface area contributed by atoms with E-state index in [9.17, 15) is 4.79 Å². The summed E-state index contributed by atoms with van der Waals surface area (Å²) < 4.78 is 46.7. The lowest BCUT2D eigenvalue weighted by atomic mass is 9.98. The summed E-state index contributed by atoms with van der Waals surface area (Å²) >= 11 is 0. The maximum atomic E-state index is 12.3. The second-order valence-electron chi connectivity index (χ2n) is 23.0. The lowest BCUT2D eigenvalue weighted by molar-refractivity contribution is -0.139. The third-order valence-electron chi connectivity index (χ3n) is 12.1. The Morgan fingerprint density at radius 2 is 0.967 bits per heavy atom. The minimum absolute atomic E-state index is 0.0687. The van der Waals surface area contributed by atoms with E-state index in [4.69, 9.17) is 31.9 Å². The number of esters is 1. The summed E-state index contributed by atoms with van der Waals surface area (Å²) in [5.74, 6) is -0.174. The van der Waals surface area contributed by atoms with Crippen molar-refractivity contribution in [3.05, 3.63) is 11.6 Å². The fraction of sp³-hybridized carbons (Fsp3) is 0.939. The lowest BCUT2D eigenvalue weighted by Gasteiger charge is -2.35. The van der Waals surface area contributed by atoms with Crippen molar-refractivity contribution in [2.75, 3.05) is 0 Å². The third kappa shape index (κ3) is 24.3. The zero-order valence-corrected chi connectivity index (χ0v) is 46.3. The zero-order valence-electron chi connectivity index (χ0n) is 42.3. The molecule has 0 N–H and O–H groups in total. The number of hydrogen-bond acceptors (Lipinski definition) is 8. The van der Waals surface area contributed by atoms with Gasteiger partial charge in [0.2, 0.25) is 0 Å². The van der Waals surface area contributed by atoms with Gasteiger partial charge >= 0.3 is 5.97 Å². The lowest BCUT2D eigenvalue weighted by Crippen LogP contribution is -2.43. The van der Waals surface area contributed by atoms with Gasteiger partial charge in [-0.05, 0) is 149 Å². The number of cyclic esters (lactones) is 1. The molecule has 0 aromatic heterocycles. The molecule has 0 aliphatic carbocycles. The van der Waals surface area contributed by atoms with Crippen molar-refractivity contribution in [2.45, 2.75) is 295 Å². The van der Waals surface area contributed by atoms with Crippen LogP contribution >= 0.6 is 0 Å². The van der Waals surface area contributed by atoms with Gasteiger partial charge in [-0.3, -0.25) is 0 Å². The van der Waals surface area contributed by atoms with Crippen molar-refractivity contribution in [3.63, 3.8) is 0 Å². The van der Waals surface area contributed by atoms with Crippen LogP contribution in [-0.2, 0) is 36.7 Å². The number of carbonyl (C=O) groups is 1. The Morgan fingerprint density at radius 1 is 0.541 bits per heavy atom. The predicted molar refractivity (Wildman–Crippen MR) is 266 cm³/mol. The molecule has 2 fully saturated rings. The number of ether oxygens (including phenoxy) is 3. The highest BCUT2D eigenvalue weighted by Gasteiger charge is 2.41. The Balaban J connectivity index is 1.52. The van der Waals surface area contributed by atoms with Gasteiger partial charge < -0.3 is 31.9 Å². The SMILES string of the molecule is CCCCCCCCCCCC[C@H](O[Si](C)(C)C)[C@@H]1CC[C@@H]([C@H](CC[C@H](O[Si](C)(C)C)[C@@H]2CC[C@@H](CCCCCC(CC3=CC(C)OC3=O)O[Si](C)(C)C)O2)O[Si](C)(C)C)O1. The summed E-state index contributed by atoms with van der Waals surface area (Å²) in [5.41, 5.74) is 0.782. The Hall–Kier alpha value is -0.162. The zero-order chi connectivity index (χ0) is 45.3. The minimum Gasteiger partial charge on any atom is -0.455 e. The van der Waals surface area contributed by atoms with Crippen molar-refractivity contribution in [3.8, 4) is 0 Å². The van der Waals surface area contributed by atoms with Gasteiger partial charge in [0.05, 0.1) is 42.7 Å². The van der Waals surface area contributed by atoms with E-state index < -0.39 is 33.3 Å². The molecule has 0 amide bonds. The first-order valence-electron chi connectivity index (χ1n) is 25.4. The van der Waals surface area contributed by atoms with E-state index in [1.54, 1.807) is 0 Å². The van der Waals surface area contributed by atoms with Crippen molar-refractivity contribution < 1.29 is 36.7 Å². The molecule has 9 atom stereocenters. The standard InChI is InChI=1S/C49H98O8Si4/c1-15-16-17-18-19-20-21-22-23-27-30-46(55-59(6,7)8)44-33-34-45(53-44)48(57-61(12,13)14)36-35-47(56-60(9,10)11)43-32-31-41(52-43)28-25-24-26-29-42(54-58(3,4)5)38-40-37-39(2)51-49(40)50/h37,39,41-48H,15-36,38H2,1-14H3/t39?,41-,42?,43+,44+,45+,46+,47+,48+/m1/s1. The van der Waals surface area contributed by atoms with Gasteiger partial charge in [0, 0.05) is 18.1 Å². The van der Waals surface area contributed by atoms with Crippen LogP contribution < -0.4 is 0 Å². The van der Waals surface area contributed by atoms with Crippen LogP contribution in [0.15, 0.2) is 11.6 Å². The first-order valence-corrected chi connectivity index (χ1v) is 39.1. The van der Waals surface area contributed by atoms with E-state index in [0.717, 1.165) is 82.6 Å². The highest BCUT2D eigenvalue weighted by Crippen LogP contribution is 2.36. The van der Waals surface area contributed by atoms with Crippen LogP contribution in [0.2, 0.25) is 78.6 Å².